The van der Waals surface area contributed by atoms with Crippen molar-refractivity contribution >= 4 is 14.0 Å². The SMILES string of the molecule is Cc1cc(C#C[Si](C(C)C)(C(C)C)C(C)C)nc(N2CCC(C(F)F)C2)n1. The molecule has 0 spiro atoms. The summed E-state index contributed by atoms with van der Waals surface area (Å²) in [6.07, 6.45) is -1.80. The van der Waals surface area contributed by atoms with E-state index in [4.69, 9.17) is 0 Å². The van der Waals surface area contributed by atoms with Crippen molar-refractivity contribution in [1.82, 2.24) is 9.97 Å². The number of halogens is 2. The van der Waals surface area contributed by atoms with Gasteiger partial charge in [-0.05, 0) is 36.0 Å². The number of aryl methyl sites for hydroxylation is 1. The first-order valence-corrected chi connectivity index (χ1v) is 12.2. The topological polar surface area (TPSA) is 29.0 Å². The third-order valence-electron chi connectivity index (χ3n) is 5.98. The van der Waals surface area contributed by atoms with E-state index in [0.29, 0.717) is 47.8 Å². The van der Waals surface area contributed by atoms with Crippen LogP contribution in [-0.4, -0.2) is 37.6 Å². The van der Waals surface area contributed by atoms with Crippen LogP contribution in [0, 0.1) is 24.3 Å². The van der Waals surface area contributed by atoms with Crippen LogP contribution in [0.15, 0.2) is 6.07 Å². The monoisotopic (exact) mass is 393 g/mol. The molecule has 0 saturated carbocycles. The van der Waals surface area contributed by atoms with Gasteiger partial charge in [-0.3, -0.25) is 0 Å². The maximum Gasteiger partial charge on any atom is 0.243 e. The average molecular weight is 394 g/mol. The standard InChI is InChI=1S/C21H33F2N3Si/c1-14(2)27(15(3)4,16(5)6)11-9-19-12-17(7)24-21(25-19)26-10-8-18(13-26)20(22)23/h12,14-16,18,20H,8,10,13H2,1-7H3. The van der Waals surface area contributed by atoms with Crippen molar-refractivity contribution < 1.29 is 8.78 Å². The van der Waals surface area contributed by atoms with Gasteiger partial charge < -0.3 is 4.90 Å². The highest BCUT2D eigenvalue weighted by Crippen LogP contribution is 2.40. The molecule has 1 aliphatic rings. The Morgan fingerprint density at radius 2 is 1.67 bits per heavy atom. The van der Waals surface area contributed by atoms with Crippen molar-refractivity contribution in [3.05, 3.63) is 17.5 Å². The second kappa shape index (κ2) is 8.68. The first-order valence-electron chi connectivity index (χ1n) is 9.99. The van der Waals surface area contributed by atoms with E-state index < -0.39 is 20.4 Å². The molecule has 6 heteroatoms. The Morgan fingerprint density at radius 3 is 2.15 bits per heavy atom. The van der Waals surface area contributed by atoms with Crippen LogP contribution in [0.4, 0.5) is 14.7 Å². The first-order chi connectivity index (χ1) is 12.6. The number of nitrogens with zero attached hydrogens (tertiary/aromatic N) is 3. The summed E-state index contributed by atoms with van der Waals surface area (Å²) in [5, 5.41) is 0. The molecule has 0 bridgehead atoms. The number of alkyl halides is 2. The molecule has 0 aliphatic carbocycles. The molecule has 2 heterocycles. The molecule has 1 atom stereocenters. The molecule has 3 nitrogen and oxygen atoms in total. The van der Waals surface area contributed by atoms with Crippen molar-refractivity contribution in [2.45, 2.75) is 77.9 Å². The van der Waals surface area contributed by atoms with Crippen molar-refractivity contribution in [2.24, 2.45) is 5.92 Å². The fourth-order valence-electron chi connectivity index (χ4n) is 4.54. The Bertz CT molecular complexity index is 685. The zero-order valence-electron chi connectivity index (χ0n) is 17.7. The molecular weight excluding hydrogens is 360 g/mol. The molecule has 0 aromatic carbocycles. The normalized spacial score (nSPS) is 18.0. The predicted molar refractivity (Wildman–Crippen MR) is 111 cm³/mol. The maximum atomic E-state index is 13.0. The van der Waals surface area contributed by atoms with Gasteiger partial charge in [0.15, 0.2) is 0 Å². The Balaban J connectivity index is 2.36. The van der Waals surface area contributed by atoms with Crippen molar-refractivity contribution in [3.63, 3.8) is 0 Å². The lowest BCUT2D eigenvalue weighted by atomic mass is 10.1. The quantitative estimate of drug-likeness (QED) is 0.492. The van der Waals surface area contributed by atoms with E-state index in [1.807, 2.05) is 17.9 Å². The van der Waals surface area contributed by atoms with Gasteiger partial charge in [0, 0.05) is 24.7 Å². The molecular formula is C21H33F2N3Si. The van der Waals surface area contributed by atoms with Crippen molar-refractivity contribution in [1.29, 1.82) is 0 Å². The number of rotatable bonds is 5. The molecule has 1 unspecified atom stereocenters. The van der Waals surface area contributed by atoms with E-state index in [-0.39, 0.29) is 0 Å². The molecule has 1 fully saturated rings. The van der Waals surface area contributed by atoms with Crippen LogP contribution in [0.3, 0.4) is 0 Å². The van der Waals surface area contributed by atoms with Gasteiger partial charge in [-0.25, -0.2) is 18.7 Å². The number of hydrogen-bond donors (Lipinski definition) is 0. The second-order valence-corrected chi connectivity index (χ2v) is 14.3. The first kappa shape index (κ1) is 21.8. The highest BCUT2D eigenvalue weighted by atomic mass is 28.3. The molecule has 1 aliphatic heterocycles. The fraction of sp³-hybridized carbons (Fsp3) is 0.714. The maximum absolute atomic E-state index is 13.0. The third-order valence-corrected chi connectivity index (χ3v) is 12.3. The minimum atomic E-state index is -2.28. The largest absolute Gasteiger partial charge is 0.340 e. The van der Waals surface area contributed by atoms with Gasteiger partial charge in [0.1, 0.15) is 13.8 Å². The highest BCUT2D eigenvalue weighted by Gasteiger charge is 2.41. The Hall–Kier alpha value is -1.48. The van der Waals surface area contributed by atoms with Gasteiger partial charge >= 0.3 is 0 Å². The van der Waals surface area contributed by atoms with E-state index in [0.717, 1.165) is 5.69 Å². The van der Waals surface area contributed by atoms with Crippen LogP contribution in [0.25, 0.3) is 0 Å². The van der Waals surface area contributed by atoms with Crippen LogP contribution in [-0.2, 0) is 0 Å². The summed E-state index contributed by atoms with van der Waals surface area (Å²) in [5.74, 6) is 3.30. The zero-order chi connectivity index (χ0) is 20.4. The van der Waals surface area contributed by atoms with E-state index in [1.165, 1.54) is 0 Å². The lowest BCUT2D eigenvalue weighted by Gasteiger charge is -2.38. The van der Waals surface area contributed by atoms with Crippen LogP contribution >= 0.6 is 0 Å². The second-order valence-electron chi connectivity index (χ2n) is 8.67. The summed E-state index contributed by atoms with van der Waals surface area (Å²) in [5.41, 5.74) is 6.88. The van der Waals surface area contributed by atoms with E-state index >= 15 is 0 Å². The van der Waals surface area contributed by atoms with E-state index in [1.54, 1.807) is 0 Å². The molecule has 0 radical (unpaired) electrons. The van der Waals surface area contributed by atoms with Crippen molar-refractivity contribution in [3.8, 4) is 11.5 Å². The van der Waals surface area contributed by atoms with Gasteiger partial charge in [0.2, 0.25) is 12.4 Å². The van der Waals surface area contributed by atoms with Crippen molar-refractivity contribution in [2.75, 3.05) is 18.0 Å². The molecule has 1 saturated heterocycles. The summed E-state index contributed by atoms with van der Waals surface area (Å²) >= 11 is 0. The van der Waals surface area contributed by atoms with E-state index in [2.05, 4.69) is 63.0 Å². The Morgan fingerprint density at radius 1 is 1.07 bits per heavy atom. The number of anilines is 1. The lowest BCUT2D eigenvalue weighted by molar-refractivity contribution is 0.0879. The van der Waals surface area contributed by atoms with Crippen LogP contribution in [0.1, 0.15) is 59.4 Å². The molecule has 0 amide bonds. The summed E-state index contributed by atoms with van der Waals surface area (Å²) in [4.78, 5) is 10.9. The Labute approximate surface area is 164 Å². The van der Waals surface area contributed by atoms with Gasteiger partial charge in [-0.15, -0.1) is 5.54 Å². The number of aromatic nitrogens is 2. The Kier molecular flexibility index (Phi) is 7.01. The minimum absolute atomic E-state index is 0.316. The third kappa shape index (κ3) is 4.68. The fourth-order valence-corrected chi connectivity index (χ4v) is 9.75. The van der Waals surface area contributed by atoms with Gasteiger partial charge in [0.05, 0.1) is 0 Å². The smallest absolute Gasteiger partial charge is 0.243 e. The minimum Gasteiger partial charge on any atom is -0.340 e. The molecule has 2 rings (SSSR count). The average Bonchev–Trinajstić information content (AvgIpc) is 3.04. The van der Waals surface area contributed by atoms with Gasteiger partial charge in [-0.1, -0.05) is 47.5 Å². The number of hydrogen-bond acceptors (Lipinski definition) is 3. The van der Waals surface area contributed by atoms with Gasteiger partial charge in [0.25, 0.3) is 0 Å². The zero-order valence-corrected chi connectivity index (χ0v) is 18.7. The summed E-state index contributed by atoms with van der Waals surface area (Å²) in [6, 6.07) is 1.90. The molecule has 0 N–H and O–H groups in total. The molecule has 150 valence electrons. The molecule has 27 heavy (non-hydrogen) atoms. The summed E-state index contributed by atoms with van der Waals surface area (Å²) < 4.78 is 26.0. The lowest BCUT2D eigenvalue weighted by Crippen LogP contribution is -2.43. The molecule has 1 aromatic heterocycles. The van der Waals surface area contributed by atoms with Crippen LogP contribution in [0.5, 0.6) is 0 Å². The predicted octanol–water partition coefficient (Wildman–Crippen LogP) is 5.45. The van der Waals surface area contributed by atoms with Gasteiger partial charge in [-0.2, -0.15) is 0 Å². The van der Waals surface area contributed by atoms with Crippen LogP contribution < -0.4 is 4.90 Å². The molecule has 1 aromatic rings. The highest BCUT2D eigenvalue weighted by molar-refractivity contribution is 6.90. The van der Waals surface area contributed by atoms with Crippen LogP contribution in [0.2, 0.25) is 16.6 Å². The van der Waals surface area contributed by atoms with E-state index in [9.17, 15) is 8.78 Å². The summed E-state index contributed by atoms with van der Waals surface area (Å²) in [7, 11) is -1.84. The summed E-state index contributed by atoms with van der Waals surface area (Å²) in [6.45, 7) is 16.5.